The Labute approximate surface area is 112 Å². The van der Waals surface area contributed by atoms with Gasteiger partial charge in [0.05, 0.1) is 12.2 Å². The molecule has 3 nitrogen and oxygen atoms in total. The quantitative estimate of drug-likeness (QED) is 0.787. The Bertz CT molecular complexity index is 255. The zero-order chi connectivity index (χ0) is 13.2. The van der Waals surface area contributed by atoms with Crippen molar-refractivity contribution in [2.75, 3.05) is 26.2 Å². The third kappa shape index (κ3) is 3.46. The van der Waals surface area contributed by atoms with Crippen LogP contribution < -0.4 is 5.32 Å². The van der Waals surface area contributed by atoms with Crippen molar-refractivity contribution in [2.45, 2.75) is 65.2 Å². The average molecular weight is 254 g/mol. The zero-order valence-corrected chi connectivity index (χ0v) is 12.5. The van der Waals surface area contributed by atoms with Crippen LogP contribution in [0.5, 0.6) is 0 Å². The predicted molar refractivity (Wildman–Crippen MR) is 75.9 cm³/mol. The Hall–Kier alpha value is -0.120. The third-order valence-corrected chi connectivity index (χ3v) is 4.62. The molecule has 18 heavy (non-hydrogen) atoms. The van der Waals surface area contributed by atoms with Crippen molar-refractivity contribution in [3.05, 3.63) is 0 Å². The Kier molecular flexibility index (Phi) is 4.68. The molecule has 0 spiro atoms. The molecular formula is C15H30N2O. The van der Waals surface area contributed by atoms with E-state index in [1.807, 2.05) is 0 Å². The number of hydrogen-bond acceptors (Lipinski definition) is 3. The van der Waals surface area contributed by atoms with Gasteiger partial charge < -0.3 is 10.1 Å². The van der Waals surface area contributed by atoms with Gasteiger partial charge >= 0.3 is 0 Å². The number of likely N-dealkylation sites (tertiary alicyclic amines) is 1. The molecule has 2 rings (SSSR count). The first-order chi connectivity index (χ1) is 8.51. The second kappa shape index (κ2) is 5.89. The molecule has 0 amide bonds. The maximum Gasteiger partial charge on any atom is 0.0707 e. The van der Waals surface area contributed by atoms with Gasteiger partial charge in [-0.2, -0.15) is 0 Å². The fourth-order valence-electron chi connectivity index (χ4n) is 3.18. The van der Waals surface area contributed by atoms with Crippen LogP contribution >= 0.6 is 0 Å². The van der Waals surface area contributed by atoms with Crippen molar-refractivity contribution in [3.8, 4) is 0 Å². The fourth-order valence-corrected chi connectivity index (χ4v) is 3.18. The van der Waals surface area contributed by atoms with Crippen LogP contribution in [0.1, 0.15) is 47.0 Å². The highest BCUT2D eigenvalue weighted by Gasteiger charge is 2.36. The van der Waals surface area contributed by atoms with Gasteiger partial charge in [-0.3, -0.25) is 4.90 Å². The number of nitrogens with zero attached hydrogens (tertiary/aromatic N) is 1. The first kappa shape index (κ1) is 14.3. The third-order valence-electron chi connectivity index (χ3n) is 4.62. The highest BCUT2D eigenvalue weighted by atomic mass is 16.5. The van der Waals surface area contributed by atoms with Crippen LogP contribution in [0.4, 0.5) is 0 Å². The SMILES string of the molecule is CCCNC(C)C(C)(C)CN1CC2CCC(C1)O2. The largest absolute Gasteiger partial charge is 0.372 e. The Balaban J connectivity index is 1.83. The first-order valence-corrected chi connectivity index (χ1v) is 7.62. The van der Waals surface area contributed by atoms with Crippen LogP contribution in [0.15, 0.2) is 0 Å². The van der Waals surface area contributed by atoms with E-state index in [2.05, 4.69) is 37.9 Å². The molecule has 2 aliphatic rings. The summed E-state index contributed by atoms with van der Waals surface area (Å²) in [4.78, 5) is 2.62. The number of fused-ring (bicyclic) bond motifs is 2. The van der Waals surface area contributed by atoms with Gasteiger partial charge in [0.2, 0.25) is 0 Å². The van der Waals surface area contributed by atoms with Crippen molar-refractivity contribution in [1.29, 1.82) is 0 Å². The van der Waals surface area contributed by atoms with Crippen molar-refractivity contribution in [3.63, 3.8) is 0 Å². The van der Waals surface area contributed by atoms with E-state index in [4.69, 9.17) is 4.74 Å². The number of ether oxygens (including phenoxy) is 1. The maximum atomic E-state index is 5.91. The predicted octanol–water partition coefficient (Wildman–Crippen LogP) is 2.26. The van der Waals surface area contributed by atoms with Crippen LogP contribution in [0.25, 0.3) is 0 Å². The molecule has 0 aromatic heterocycles. The van der Waals surface area contributed by atoms with Gasteiger partial charge in [0.15, 0.2) is 0 Å². The summed E-state index contributed by atoms with van der Waals surface area (Å²) in [5, 5.41) is 3.64. The summed E-state index contributed by atoms with van der Waals surface area (Å²) in [5.41, 5.74) is 0.325. The van der Waals surface area contributed by atoms with Gasteiger partial charge in [-0.1, -0.05) is 20.8 Å². The van der Waals surface area contributed by atoms with E-state index >= 15 is 0 Å². The minimum Gasteiger partial charge on any atom is -0.372 e. The molecule has 3 atom stereocenters. The lowest BCUT2D eigenvalue weighted by Crippen LogP contribution is -2.51. The zero-order valence-electron chi connectivity index (χ0n) is 12.5. The van der Waals surface area contributed by atoms with Crippen molar-refractivity contribution < 1.29 is 4.74 Å². The van der Waals surface area contributed by atoms with Gasteiger partial charge in [0.25, 0.3) is 0 Å². The van der Waals surface area contributed by atoms with Gasteiger partial charge in [-0.05, 0) is 38.1 Å². The summed E-state index contributed by atoms with van der Waals surface area (Å²) in [6.07, 6.45) is 4.77. The molecule has 0 radical (unpaired) electrons. The summed E-state index contributed by atoms with van der Waals surface area (Å²) >= 11 is 0. The summed E-state index contributed by atoms with van der Waals surface area (Å²) in [7, 11) is 0. The van der Waals surface area contributed by atoms with E-state index in [-0.39, 0.29) is 0 Å². The summed E-state index contributed by atoms with van der Waals surface area (Å²) in [6, 6.07) is 0.568. The summed E-state index contributed by atoms with van der Waals surface area (Å²) in [5.74, 6) is 0. The van der Waals surface area contributed by atoms with Gasteiger partial charge in [0, 0.05) is 25.7 Å². The number of rotatable bonds is 6. The van der Waals surface area contributed by atoms with Crippen LogP contribution in [-0.2, 0) is 4.74 Å². The monoisotopic (exact) mass is 254 g/mol. The molecule has 0 aromatic carbocycles. The van der Waals surface area contributed by atoms with Crippen LogP contribution in [0.3, 0.4) is 0 Å². The normalized spacial score (nSPS) is 30.7. The fraction of sp³-hybridized carbons (Fsp3) is 1.00. The van der Waals surface area contributed by atoms with E-state index in [0.29, 0.717) is 23.7 Å². The number of nitrogens with one attached hydrogen (secondary N) is 1. The molecule has 2 saturated heterocycles. The molecule has 2 bridgehead atoms. The van der Waals surface area contributed by atoms with Crippen molar-refractivity contribution >= 4 is 0 Å². The van der Waals surface area contributed by atoms with Gasteiger partial charge in [0.1, 0.15) is 0 Å². The topological polar surface area (TPSA) is 24.5 Å². The molecule has 106 valence electrons. The minimum atomic E-state index is 0.325. The van der Waals surface area contributed by atoms with Gasteiger partial charge in [-0.15, -0.1) is 0 Å². The summed E-state index contributed by atoms with van der Waals surface area (Å²) in [6.45, 7) is 13.9. The standard InChI is InChI=1S/C15H30N2O/c1-5-8-16-12(2)15(3,4)11-17-9-13-6-7-14(10-17)18-13/h12-14,16H,5-11H2,1-4H3. The van der Waals surface area contributed by atoms with E-state index in [0.717, 1.165) is 19.6 Å². The molecule has 0 saturated carbocycles. The smallest absolute Gasteiger partial charge is 0.0707 e. The van der Waals surface area contributed by atoms with E-state index < -0.39 is 0 Å². The second-order valence-corrected chi connectivity index (χ2v) is 6.82. The Morgan fingerprint density at radius 3 is 2.44 bits per heavy atom. The minimum absolute atomic E-state index is 0.325. The molecule has 3 unspecified atom stereocenters. The van der Waals surface area contributed by atoms with Crippen LogP contribution in [-0.4, -0.2) is 49.3 Å². The number of morpholine rings is 1. The van der Waals surface area contributed by atoms with E-state index in [9.17, 15) is 0 Å². The maximum absolute atomic E-state index is 5.91. The van der Waals surface area contributed by atoms with E-state index in [1.54, 1.807) is 0 Å². The second-order valence-electron chi connectivity index (χ2n) is 6.82. The first-order valence-electron chi connectivity index (χ1n) is 7.62. The highest BCUT2D eigenvalue weighted by Crippen LogP contribution is 2.29. The molecule has 1 N–H and O–H groups in total. The van der Waals surface area contributed by atoms with E-state index in [1.165, 1.54) is 25.8 Å². The summed E-state index contributed by atoms with van der Waals surface area (Å²) < 4.78 is 5.91. The molecule has 2 aliphatic heterocycles. The molecule has 0 aromatic rings. The molecule has 2 heterocycles. The van der Waals surface area contributed by atoms with Crippen LogP contribution in [0, 0.1) is 5.41 Å². The Morgan fingerprint density at radius 1 is 1.28 bits per heavy atom. The molecule has 3 heteroatoms. The lowest BCUT2D eigenvalue weighted by Gasteiger charge is -2.40. The Morgan fingerprint density at radius 2 is 1.89 bits per heavy atom. The van der Waals surface area contributed by atoms with Gasteiger partial charge in [-0.25, -0.2) is 0 Å². The molecular weight excluding hydrogens is 224 g/mol. The molecule has 2 fully saturated rings. The van der Waals surface area contributed by atoms with Crippen molar-refractivity contribution in [1.82, 2.24) is 10.2 Å². The highest BCUT2D eigenvalue weighted by molar-refractivity contribution is 4.90. The van der Waals surface area contributed by atoms with Crippen molar-refractivity contribution in [2.24, 2.45) is 5.41 Å². The number of hydrogen-bond donors (Lipinski definition) is 1. The average Bonchev–Trinajstić information content (AvgIpc) is 2.65. The lowest BCUT2D eigenvalue weighted by molar-refractivity contribution is -0.0501. The molecule has 0 aliphatic carbocycles. The lowest BCUT2D eigenvalue weighted by atomic mass is 9.84. The van der Waals surface area contributed by atoms with Crippen LogP contribution in [0.2, 0.25) is 0 Å².